The van der Waals surface area contributed by atoms with Gasteiger partial charge in [-0.3, -0.25) is 4.79 Å². The van der Waals surface area contributed by atoms with E-state index < -0.39 is 5.41 Å². The molecule has 2 bridgehead atoms. The lowest BCUT2D eigenvalue weighted by atomic mass is 9.45. The van der Waals surface area contributed by atoms with Gasteiger partial charge in [-0.1, -0.05) is 78.5 Å². The first kappa shape index (κ1) is 26.8. The van der Waals surface area contributed by atoms with Gasteiger partial charge in [0.15, 0.2) is 0 Å². The van der Waals surface area contributed by atoms with E-state index in [1.807, 2.05) is 20.8 Å². The van der Waals surface area contributed by atoms with Crippen LogP contribution < -0.4 is 4.74 Å². The van der Waals surface area contributed by atoms with E-state index in [-0.39, 0.29) is 16.8 Å². The fourth-order valence-corrected chi connectivity index (χ4v) is 6.03. The number of hydrogen-bond donors (Lipinski definition) is 0. The van der Waals surface area contributed by atoms with E-state index in [0.29, 0.717) is 24.4 Å². The van der Waals surface area contributed by atoms with Crippen molar-refractivity contribution < 1.29 is 14.3 Å². The minimum absolute atomic E-state index is 0.132. The molecule has 0 radical (unpaired) electrons. The van der Waals surface area contributed by atoms with Gasteiger partial charge < -0.3 is 9.47 Å². The highest BCUT2D eigenvalue weighted by Gasteiger charge is 2.56. The molecule has 1 fully saturated rings. The molecule has 1 aromatic carbocycles. The number of esters is 1. The van der Waals surface area contributed by atoms with Crippen molar-refractivity contribution in [3.8, 4) is 5.75 Å². The summed E-state index contributed by atoms with van der Waals surface area (Å²) in [5, 5.41) is 0. The Morgan fingerprint density at radius 2 is 1.79 bits per heavy atom. The van der Waals surface area contributed by atoms with Gasteiger partial charge >= 0.3 is 5.97 Å². The Balaban J connectivity index is 1.85. The van der Waals surface area contributed by atoms with E-state index >= 15 is 0 Å². The van der Waals surface area contributed by atoms with Gasteiger partial charge in [-0.15, -0.1) is 0 Å². The van der Waals surface area contributed by atoms with E-state index in [1.165, 1.54) is 48.8 Å². The summed E-state index contributed by atoms with van der Waals surface area (Å²) in [5.41, 5.74) is 3.76. The fourth-order valence-electron chi connectivity index (χ4n) is 6.03. The van der Waals surface area contributed by atoms with Gasteiger partial charge in [0, 0.05) is 11.5 Å². The minimum atomic E-state index is -0.477. The maximum Gasteiger partial charge on any atom is 0.311 e. The number of ether oxygens (including phenoxy) is 2. The van der Waals surface area contributed by atoms with Crippen LogP contribution in [-0.2, 0) is 14.9 Å². The molecule has 0 N–H and O–H groups in total. The van der Waals surface area contributed by atoms with E-state index in [4.69, 9.17) is 9.47 Å². The lowest BCUT2D eigenvalue weighted by Gasteiger charge is -2.59. The summed E-state index contributed by atoms with van der Waals surface area (Å²) >= 11 is 0. The van der Waals surface area contributed by atoms with E-state index in [2.05, 4.69) is 58.9 Å². The molecule has 1 aromatic rings. The molecule has 0 spiro atoms. The molecule has 3 aliphatic carbocycles. The molecule has 3 aliphatic rings. The maximum atomic E-state index is 12.4. The van der Waals surface area contributed by atoms with Crippen LogP contribution in [0.1, 0.15) is 111 Å². The molecule has 4 rings (SSSR count). The quantitative estimate of drug-likeness (QED) is 0.197. The number of benzene rings is 1. The Morgan fingerprint density at radius 3 is 2.38 bits per heavy atom. The second kappa shape index (κ2) is 10.1. The van der Waals surface area contributed by atoms with Gasteiger partial charge in [0.05, 0.1) is 12.5 Å². The Labute approximate surface area is 208 Å². The molecule has 3 atom stereocenters. The summed E-state index contributed by atoms with van der Waals surface area (Å²) in [7, 11) is 1.80. The Morgan fingerprint density at radius 1 is 1.09 bits per heavy atom. The van der Waals surface area contributed by atoms with Crippen molar-refractivity contribution in [2.75, 3.05) is 13.7 Å². The maximum absolute atomic E-state index is 12.4. The van der Waals surface area contributed by atoms with Crippen molar-refractivity contribution in [3.63, 3.8) is 0 Å². The van der Waals surface area contributed by atoms with Crippen LogP contribution in [0.2, 0.25) is 0 Å². The zero-order valence-corrected chi connectivity index (χ0v) is 23.2. The third-order valence-electron chi connectivity index (χ3n) is 8.63. The predicted molar refractivity (Wildman–Crippen MR) is 141 cm³/mol. The number of rotatable bonds is 10. The summed E-state index contributed by atoms with van der Waals surface area (Å²) in [6.45, 7) is 17.9. The van der Waals surface area contributed by atoms with E-state index in [1.54, 1.807) is 7.11 Å². The first-order valence-corrected chi connectivity index (χ1v) is 13.4. The molecule has 0 aromatic heterocycles. The molecule has 3 nitrogen and oxygen atoms in total. The van der Waals surface area contributed by atoms with E-state index in [0.717, 1.165) is 12.2 Å². The monoisotopic (exact) mass is 468 g/mol. The molecule has 34 heavy (non-hydrogen) atoms. The van der Waals surface area contributed by atoms with Crippen molar-refractivity contribution in [1.29, 1.82) is 0 Å². The summed E-state index contributed by atoms with van der Waals surface area (Å²) in [4.78, 5) is 12.4. The summed E-state index contributed by atoms with van der Waals surface area (Å²) in [6, 6.07) is 6.90. The number of methoxy groups -OCH3 is 1. The van der Waals surface area contributed by atoms with Crippen molar-refractivity contribution in [2.45, 2.75) is 105 Å². The van der Waals surface area contributed by atoms with Gasteiger partial charge in [-0.05, 0) is 73.5 Å². The summed E-state index contributed by atoms with van der Waals surface area (Å²) < 4.78 is 11.7. The van der Waals surface area contributed by atoms with Gasteiger partial charge in [0.2, 0.25) is 0 Å². The first-order chi connectivity index (χ1) is 15.8. The van der Waals surface area contributed by atoms with Gasteiger partial charge in [-0.25, -0.2) is 0 Å². The van der Waals surface area contributed by atoms with Crippen molar-refractivity contribution in [2.24, 2.45) is 22.7 Å². The lowest BCUT2D eigenvalue weighted by molar-refractivity contribution is -0.152. The Kier molecular flexibility index (Phi) is 7.95. The predicted octanol–water partition coefficient (Wildman–Crippen LogP) is 8.22. The van der Waals surface area contributed by atoms with Crippen LogP contribution in [0.25, 0.3) is 0 Å². The highest BCUT2D eigenvalue weighted by Crippen LogP contribution is 2.64. The number of allylic oxidation sites excluding steroid dienone is 1. The SMILES string of the molecule is CCCCCCC(C)(C)c1ccc([C@H]2C=C(COC(=O)C(C)(C)C)[C@H]3C[C@@H]2C3(C)C)c(OC)c1. The van der Waals surface area contributed by atoms with Crippen molar-refractivity contribution in [1.82, 2.24) is 0 Å². The van der Waals surface area contributed by atoms with Gasteiger partial charge in [0.1, 0.15) is 12.4 Å². The smallest absolute Gasteiger partial charge is 0.311 e. The lowest BCUT2D eigenvalue weighted by Crippen LogP contribution is -2.52. The molecule has 0 heterocycles. The first-order valence-electron chi connectivity index (χ1n) is 13.4. The number of hydrogen-bond acceptors (Lipinski definition) is 3. The van der Waals surface area contributed by atoms with Gasteiger partial charge in [0.25, 0.3) is 0 Å². The summed E-state index contributed by atoms with van der Waals surface area (Å²) in [5.74, 6) is 2.23. The number of carbonyl (C=O) groups is 1. The van der Waals surface area contributed by atoms with Crippen LogP contribution in [0.15, 0.2) is 29.8 Å². The normalized spacial score (nSPS) is 23.7. The molecule has 0 saturated heterocycles. The molecule has 190 valence electrons. The van der Waals surface area contributed by atoms with E-state index in [9.17, 15) is 4.79 Å². The number of fused-ring (bicyclic) bond motifs is 1. The minimum Gasteiger partial charge on any atom is -0.496 e. The standard InChI is InChI=1S/C31H48O3/c1-10-11-12-13-16-30(5,6)22-14-15-23(27(18-22)33-9)24-17-21(20-34-28(32)29(2,3)4)25-19-26(24)31(25,7)8/h14-15,17-18,24-26H,10-13,16,19-20H2,1-9H3/t24-,25-,26+/m1/s1. The summed E-state index contributed by atoms with van der Waals surface area (Å²) in [6.07, 6.45) is 9.90. The average Bonchev–Trinajstić information content (AvgIpc) is 2.78. The second-order valence-electron chi connectivity index (χ2n) is 13.0. The molecule has 0 amide bonds. The molecular formula is C31H48O3. The van der Waals surface area contributed by atoms with Crippen LogP contribution in [0.3, 0.4) is 0 Å². The van der Waals surface area contributed by atoms with Crippen LogP contribution in [-0.4, -0.2) is 19.7 Å². The third kappa shape index (κ3) is 5.39. The van der Waals surface area contributed by atoms with Crippen molar-refractivity contribution >= 4 is 5.97 Å². The fraction of sp³-hybridized carbons (Fsp3) is 0.710. The second-order valence-corrected chi connectivity index (χ2v) is 13.0. The number of carbonyl (C=O) groups excluding carboxylic acids is 1. The molecular weight excluding hydrogens is 420 g/mol. The Hall–Kier alpha value is -1.77. The zero-order valence-electron chi connectivity index (χ0n) is 23.2. The molecule has 0 aliphatic heterocycles. The highest BCUT2D eigenvalue weighted by atomic mass is 16.5. The highest BCUT2D eigenvalue weighted by molar-refractivity contribution is 5.75. The molecule has 0 unspecified atom stereocenters. The van der Waals surface area contributed by atoms with Crippen LogP contribution in [0, 0.1) is 22.7 Å². The average molecular weight is 469 g/mol. The third-order valence-corrected chi connectivity index (χ3v) is 8.63. The van der Waals surface area contributed by atoms with Gasteiger partial charge in [-0.2, -0.15) is 0 Å². The topological polar surface area (TPSA) is 35.5 Å². The van der Waals surface area contributed by atoms with Crippen LogP contribution in [0.4, 0.5) is 0 Å². The zero-order chi connectivity index (χ0) is 25.3. The van der Waals surface area contributed by atoms with Crippen LogP contribution >= 0.6 is 0 Å². The number of unbranched alkanes of at least 4 members (excludes halogenated alkanes) is 3. The Bertz CT molecular complexity index is 900. The molecule has 1 saturated carbocycles. The largest absolute Gasteiger partial charge is 0.496 e. The van der Waals surface area contributed by atoms with Crippen molar-refractivity contribution in [3.05, 3.63) is 41.0 Å². The van der Waals surface area contributed by atoms with Crippen LogP contribution in [0.5, 0.6) is 5.75 Å². The molecule has 3 heteroatoms.